The Morgan fingerprint density at radius 2 is 1.55 bits per heavy atom. The Labute approximate surface area is 128 Å². The summed E-state index contributed by atoms with van der Waals surface area (Å²) in [6, 6.07) is 19.6. The summed E-state index contributed by atoms with van der Waals surface area (Å²) in [7, 11) is -4.31. The molecule has 0 amide bonds. The van der Waals surface area contributed by atoms with E-state index in [-0.39, 0.29) is 4.90 Å². The van der Waals surface area contributed by atoms with Crippen LogP contribution in [0.15, 0.2) is 76.6 Å². The largest absolute Gasteiger partial charge is 0.295 e. The lowest BCUT2D eigenvalue weighted by molar-refractivity contribution is 0.484. The lowest BCUT2D eigenvalue weighted by Gasteiger charge is -2.06. The fourth-order valence-corrected chi connectivity index (χ4v) is 3.02. The minimum Gasteiger partial charge on any atom is -0.282 e. The van der Waals surface area contributed by atoms with Crippen LogP contribution in [0.3, 0.4) is 0 Å². The van der Waals surface area contributed by atoms with Gasteiger partial charge < -0.3 is 0 Å². The molecule has 0 saturated heterocycles. The van der Waals surface area contributed by atoms with Crippen LogP contribution in [0.1, 0.15) is 5.56 Å². The molecule has 0 atom stereocenters. The molecule has 0 saturated carbocycles. The zero-order valence-electron chi connectivity index (χ0n) is 11.5. The van der Waals surface area contributed by atoms with Crippen LogP contribution in [0.25, 0.3) is 10.8 Å². The highest BCUT2D eigenvalue weighted by Gasteiger charge is 2.15. The molecule has 3 aromatic carbocycles. The Kier molecular flexibility index (Phi) is 3.75. The number of aliphatic imine (C=N–C) groups is 1. The van der Waals surface area contributed by atoms with Crippen LogP contribution in [-0.4, -0.2) is 19.2 Å². The van der Waals surface area contributed by atoms with Gasteiger partial charge in [0.1, 0.15) is 4.90 Å². The highest BCUT2D eigenvalue weighted by atomic mass is 32.2. The second-order valence-electron chi connectivity index (χ2n) is 4.78. The van der Waals surface area contributed by atoms with E-state index in [1.54, 1.807) is 36.5 Å². The number of hydrogen-bond donors (Lipinski definition) is 1. The fourth-order valence-electron chi connectivity index (χ4n) is 2.29. The summed E-state index contributed by atoms with van der Waals surface area (Å²) in [5.41, 5.74) is 1.40. The van der Waals surface area contributed by atoms with E-state index in [1.165, 1.54) is 6.07 Å². The van der Waals surface area contributed by atoms with Crippen molar-refractivity contribution in [1.82, 2.24) is 0 Å². The summed E-state index contributed by atoms with van der Waals surface area (Å²) < 4.78 is 32.6. The van der Waals surface area contributed by atoms with Crippen molar-refractivity contribution in [2.24, 2.45) is 4.99 Å². The van der Waals surface area contributed by atoms with Gasteiger partial charge in [-0.25, -0.2) is 0 Å². The van der Waals surface area contributed by atoms with Crippen LogP contribution in [0.4, 0.5) is 5.69 Å². The maximum atomic E-state index is 11.6. The molecule has 0 aromatic heterocycles. The summed E-state index contributed by atoms with van der Waals surface area (Å²) in [5, 5.41) is 1.12. The number of benzene rings is 3. The average molecular weight is 311 g/mol. The SMILES string of the molecule is O=S(=O)(O)c1cccc2cccc(N=Cc3ccccc3)c12. The van der Waals surface area contributed by atoms with E-state index >= 15 is 0 Å². The van der Waals surface area contributed by atoms with E-state index in [0.717, 1.165) is 5.56 Å². The van der Waals surface area contributed by atoms with Crippen LogP contribution in [0.2, 0.25) is 0 Å². The zero-order chi connectivity index (χ0) is 15.6. The quantitative estimate of drug-likeness (QED) is 0.590. The van der Waals surface area contributed by atoms with Crippen molar-refractivity contribution >= 4 is 32.8 Å². The topological polar surface area (TPSA) is 66.7 Å². The van der Waals surface area contributed by atoms with Crippen LogP contribution in [-0.2, 0) is 10.1 Å². The first-order valence-electron chi connectivity index (χ1n) is 6.64. The molecule has 0 bridgehead atoms. The number of fused-ring (bicyclic) bond motifs is 1. The molecule has 0 aliphatic rings. The van der Waals surface area contributed by atoms with E-state index in [2.05, 4.69) is 4.99 Å². The van der Waals surface area contributed by atoms with Gasteiger partial charge in [0.2, 0.25) is 0 Å². The second-order valence-corrected chi connectivity index (χ2v) is 6.17. The van der Waals surface area contributed by atoms with Gasteiger partial charge >= 0.3 is 0 Å². The Bertz CT molecular complexity index is 943. The molecule has 0 heterocycles. The number of rotatable bonds is 3. The normalized spacial score (nSPS) is 12.0. The molecule has 5 heteroatoms. The molecule has 3 aromatic rings. The van der Waals surface area contributed by atoms with Crippen LogP contribution >= 0.6 is 0 Å². The maximum Gasteiger partial charge on any atom is 0.295 e. The summed E-state index contributed by atoms with van der Waals surface area (Å²) in [6.45, 7) is 0. The van der Waals surface area contributed by atoms with Gasteiger partial charge in [0.05, 0.1) is 5.69 Å². The average Bonchev–Trinajstić information content (AvgIpc) is 2.52. The minimum atomic E-state index is -4.31. The molecule has 0 aliphatic heterocycles. The van der Waals surface area contributed by atoms with Crippen molar-refractivity contribution in [3.05, 3.63) is 72.3 Å². The third kappa shape index (κ3) is 2.90. The smallest absolute Gasteiger partial charge is 0.282 e. The predicted molar refractivity (Wildman–Crippen MR) is 87.5 cm³/mol. The predicted octanol–water partition coefficient (Wildman–Crippen LogP) is 3.84. The molecule has 3 rings (SSSR count). The Morgan fingerprint density at radius 3 is 2.23 bits per heavy atom. The van der Waals surface area contributed by atoms with Gasteiger partial charge in [-0.1, -0.05) is 54.6 Å². The minimum absolute atomic E-state index is 0.134. The summed E-state index contributed by atoms with van der Waals surface area (Å²) in [6.07, 6.45) is 1.66. The van der Waals surface area contributed by atoms with E-state index in [9.17, 15) is 13.0 Å². The summed E-state index contributed by atoms with van der Waals surface area (Å²) in [4.78, 5) is 4.24. The van der Waals surface area contributed by atoms with Crippen LogP contribution in [0, 0.1) is 0 Å². The van der Waals surface area contributed by atoms with E-state index in [0.29, 0.717) is 16.5 Å². The molecular weight excluding hydrogens is 298 g/mol. The highest BCUT2D eigenvalue weighted by Crippen LogP contribution is 2.31. The molecule has 0 fully saturated rings. The van der Waals surface area contributed by atoms with E-state index < -0.39 is 10.1 Å². The Morgan fingerprint density at radius 1 is 0.864 bits per heavy atom. The van der Waals surface area contributed by atoms with Crippen LogP contribution in [0.5, 0.6) is 0 Å². The first-order chi connectivity index (χ1) is 10.6. The molecule has 110 valence electrons. The Hall–Kier alpha value is -2.50. The first-order valence-corrected chi connectivity index (χ1v) is 8.08. The van der Waals surface area contributed by atoms with Crippen molar-refractivity contribution in [1.29, 1.82) is 0 Å². The van der Waals surface area contributed by atoms with Crippen molar-refractivity contribution in [2.45, 2.75) is 4.90 Å². The third-order valence-corrected chi connectivity index (χ3v) is 4.17. The fraction of sp³-hybridized carbons (Fsp3) is 0. The zero-order valence-corrected chi connectivity index (χ0v) is 12.4. The van der Waals surface area contributed by atoms with Gasteiger partial charge in [-0.15, -0.1) is 0 Å². The summed E-state index contributed by atoms with van der Waals surface area (Å²) >= 11 is 0. The first kappa shape index (κ1) is 14.4. The lowest BCUT2D eigenvalue weighted by Crippen LogP contribution is -1.99. The monoisotopic (exact) mass is 311 g/mol. The molecule has 22 heavy (non-hydrogen) atoms. The van der Waals surface area contributed by atoms with Crippen molar-refractivity contribution < 1.29 is 13.0 Å². The molecule has 0 spiro atoms. The molecule has 4 nitrogen and oxygen atoms in total. The standard InChI is InChI=1S/C17H13NO3S/c19-22(20,21)16-11-5-9-14-8-4-10-15(17(14)16)18-12-13-6-2-1-3-7-13/h1-12H,(H,19,20,21). The lowest BCUT2D eigenvalue weighted by atomic mass is 10.1. The van der Waals surface area contributed by atoms with Gasteiger partial charge in [0.25, 0.3) is 10.1 Å². The van der Waals surface area contributed by atoms with Gasteiger partial charge in [0.15, 0.2) is 0 Å². The van der Waals surface area contributed by atoms with Crippen molar-refractivity contribution in [2.75, 3.05) is 0 Å². The highest BCUT2D eigenvalue weighted by molar-refractivity contribution is 7.86. The second kappa shape index (κ2) is 5.71. The molecule has 0 aliphatic carbocycles. The molecule has 0 unspecified atom stereocenters. The number of nitrogens with zero attached hydrogens (tertiary/aromatic N) is 1. The van der Waals surface area contributed by atoms with Gasteiger partial charge in [-0.2, -0.15) is 8.42 Å². The van der Waals surface area contributed by atoms with Gasteiger partial charge in [0, 0.05) is 11.6 Å². The molecule has 1 N–H and O–H groups in total. The number of hydrogen-bond acceptors (Lipinski definition) is 3. The molecular formula is C17H13NO3S. The van der Waals surface area contributed by atoms with Crippen LogP contribution < -0.4 is 0 Å². The molecule has 0 radical (unpaired) electrons. The Balaban J connectivity index is 2.20. The van der Waals surface area contributed by atoms with E-state index in [1.807, 2.05) is 30.3 Å². The third-order valence-electron chi connectivity index (χ3n) is 3.27. The maximum absolute atomic E-state index is 11.6. The van der Waals surface area contributed by atoms with Gasteiger partial charge in [-0.3, -0.25) is 9.55 Å². The van der Waals surface area contributed by atoms with Crippen molar-refractivity contribution in [3.63, 3.8) is 0 Å². The summed E-state index contributed by atoms with van der Waals surface area (Å²) in [5.74, 6) is 0. The van der Waals surface area contributed by atoms with Gasteiger partial charge in [-0.05, 0) is 23.1 Å². The van der Waals surface area contributed by atoms with E-state index in [4.69, 9.17) is 0 Å². The van der Waals surface area contributed by atoms with Crippen molar-refractivity contribution in [3.8, 4) is 0 Å².